The maximum atomic E-state index is 12.6. The zero-order chi connectivity index (χ0) is 25.1. The number of hydrogen-bond acceptors (Lipinski definition) is 11. The molecule has 1 amide bonds. The Labute approximate surface area is 205 Å². The highest BCUT2D eigenvalue weighted by Crippen LogP contribution is 2.34. The van der Waals surface area contributed by atoms with E-state index in [2.05, 4.69) is 19.8 Å². The molecule has 1 atom stereocenters. The van der Waals surface area contributed by atoms with E-state index >= 15 is 0 Å². The van der Waals surface area contributed by atoms with E-state index in [-0.39, 0.29) is 18.8 Å². The van der Waals surface area contributed by atoms with Crippen LogP contribution in [0.1, 0.15) is 13.3 Å². The monoisotopic (exact) mass is 546 g/mol. The fraction of sp³-hybridized carbons (Fsp3) is 0.278. The molecule has 0 aliphatic carbocycles. The van der Waals surface area contributed by atoms with Crippen molar-refractivity contribution < 1.29 is 32.2 Å². The number of nitrogens with one attached hydrogen (secondary N) is 1. The number of carbonyl (C=O) groups excluding carboxylic acids is 1. The fourth-order valence-electron chi connectivity index (χ4n) is 2.88. The highest BCUT2D eigenvalue weighted by molar-refractivity contribution is 7.92. The third-order valence-electron chi connectivity index (χ3n) is 5.08. The molecule has 0 aliphatic rings. The maximum Gasteiger partial charge on any atom is 0.491 e. The molecule has 36 heavy (non-hydrogen) atoms. The first-order valence-corrected chi connectivity index (χ1v) is 13.0. The Balaban J connectivity index is 0.00000324. The van der Waals surface area contributed by atoms with E-state index < -0.39 is 40.3 Å². The molecule has 0 saturated carbocycles. The first kappa shape index (κ1) is 30.7. The summed E-state index contributed by atoms with van der Waals surface area (Å²) in [6.45, 7) is 0.840. The van der Waals surface area contributed by atoms with Crippen LogP contribution in [0.5, 0.6) is 0 Å². The minimum absolute atomic E-state index is 0. The first-order valence-electron chi connectivity index (χ1n) is 9.58. The van der Waals surface area contributed by atoms with Crippen LogP contribution in [0.4, 0.5) is 0 Å². The molecule has 0 unspecified atom stereocenters. The molecule has 0 spiro atoms. The lowest BCUT2D eigenvalue weighted by molar-refractivity contribution is -0.131. The predicted octanol–water partition coefficient (Wildman–Crippen LogP) is 0.149. The molecule has 1 aromatic carbocycles. The summed E-state index contributed by atoms with van der Waals surface area (Å²) in [5, 5.41) is 8.05. The van der Waals surface area contributed by atoms with Crippen LogP contribution in [0.25, 0.3) is 16.9 Å². The topological polar surface area (TPSA) is 266 Å². The Kier molecular flexibility index (Phi) is 9.91. The molecule has 2 aromatic heterocycles. The van der Waals surface area contributed by atoms with Crippen molar-refractivity contribution in [2.45, 2.75) is 24.6 Å². The van der Waals surface area contributed by atoms with Crippen LogP contribution in [0.15, 0.2) is 53.8 Å². The summed E-state index contributed by atoms with van der Waals surface area (Å²) >= 11 is 0. The van der Waals surface area contributed by atoms with Crippen molar-refractivity contribution in [2.75, 3.05) is 6.26 Å². The zero-order valence-corrected chi connectivity index (χ0v) is 21.1. The summed E-state index contributed by atoms with van der Waals surface area (Å²) in [5.74, 6) is -1.29. The third kappa shape index (κ3) is 7.11. The number of hydroxylamine groups is 1. The normalized spacial score (nSPS) is 13.1. The smallest absolute Gasteiger partial charge is 0.344 e. The fourth-order valence-corrected chi connectivity index (χ4v) is 3.92. The number of aromatic nitrogens is 5. The molecule has 3 rings (SSSR count). The number of sulfone groups is 1. The highest BCUT2D eigenvalue weighted by atomic mass is 32.2. The number of nitrogens with zero attached hydrogens (tertiary/aromatic N) is 5. The molecule has 16 nitrogen and oxygen atoms in total. The zero-order valence-electron chi connectivity index (χ0n) is 19.4. The highest BCUT2D eigenvalue weighted by Gasteiger charge is 2.44. The Morgan fingerprint density at radius 2 is 1.75 bits per heavy atom. The summed E-state index contributed by atoms with van der Waals surface area (Å²) in [7, 11) is -9.16. The van der Waals surface area contributed by atoms with Gasteiger partial charge in [-0.1, -0.05) is 12.1 Å². The van der Waals surface area contributed by atoms with Gasteiger partial charge in [-0.2, -0.15) is 19.6 Å². The van der Waals surface area contributed by atoms with Crippen molar-refractivity contribution >= 4 is 23.6 Å². The van der Waals surface area contributed by atoms with Gasteiger partial charge in [-0.05, 0) is 25.5 Å². The van der Waals surface area contributed by atoms with Gasteiger partial charge in [-0.15, -0.1) is 0 Å². The molecule has 3 aromatic rings. The van der Waals surface area contributed by atoms with Crippen LogP contribution in [0.2, 0.25) is 0 Å². The van der Waals surface area contributed by atoms with Gasteiger partial charge < -0.3 is 22.1 Å². The number of hydrogen-bond donors (Lipinski definition) is 5. The van der Waals surface area contributed by atoms with Crippen LogP contribution in [0.3, 0.4) is 0 Å². The average Bonchev–Trinajstić information content (AvgIpc) is 3.30. The van der Waals surface area contributed by atoms with Gasteiger partial charge in [0.05, 0.1) is 30.1 Å². The predicted molar refractivity (Wildman–Crippen MR) is 128 cm³/mol. The Bertz CT molecular complexity index is 1390. The van der Waals surface area contributed by atoms with Crippen LogP contribution in [0, 0.1) is 0 Å². The van der Waals surface area contributed by atoms with Gasteiger partial charge >= 0.3 is 7.82 Å². The summed E-state index contributed by atoms with van der Waals surface area (Å²) in [6, 6.07) is 8.22. The number of aryl methyl sites for hydroxylation is 1. The molecular formula is C18H27N8O8PS. The van der Waals surface area contributed by atoms with Crippen molar-refractivity contribution in [3.63, 3.8) is 0 Å². The molecule has 18 heteroatoms. The summed E-state index contributed by atoms with van der Waals surface area (Å²) < 4.78 is 38.2. The maximum absolute atomic E-state index is 12.6. The molecule has 0 aliphatic heterocycles. The van der Waals surface area contributed by atoms with Crippen LogP contribution < -0.4 is 23.3 Å². The van der Waals surface area contributed by atoms with Crippen molar-refractivity contribution in [1.29, 1.82) is 0 Å². The van der Waals surface area contributed by atoms with Crippen molar-refractivity contribution in [3.8, 4) is 16.9 Å². The van der Waals surface area contributed by atoms with Crippen molar-refractivity contribution in [2.24, 2.45) is 0 Å². The minimum Gasteiger partial charge on any atom is -0.344 e. The second kappa shape index (κ2) is 11.6. The largest absolute Gasteiger partial charge is 0.491 e. The molecule has 0 saturated heterocycles. The van der Waals surface area contributed by atoms with E-state index in [0.717, 1.165) is 17.7 Å². The van der Waals surface area contributed by atoms with Crippen LogP contribution in [-0.4, -0.2) is 59.7 Å². The van der Waals surface area contributed by atoms with E-state index in [1.807, 2.05) is 0 Å². The van der Waals surface area contributed by atoms with E-state index in [1.54, 1.807) is 24.3 Å². The average molecular weight is 547 g/mol. The van der Waals surface area contributed by atoms with Crippen LogP contribution >= 0.6 is 7.82 Å². The number of rotatable bonds is 9. The number of amides is 1. The Hall–Kier alpha value is -3.31. The molecule has 198 valence electrons. The number of carbonyl (C=O) groups is 1. The number of phosphoric acid groups is 1. The molecule has 0 bridgehead atoms. The van der Waals surface area contributed by atoms with Gasteiger partial charge in [0.1, 0.15) is 0 Å². The Morgan fingerprint density at radius 1 is 1.17 bits per heavy atom. The second-order valence-corrected chi connectivity index (χ2v) is 11.0. The van der Waals surface area contributed by atoms with Gasteiger partial charge in [-0.25, -0.2) is 23.4 Å². The lowest BCUT2D eigenvalue weighted by atomic mass is 10.1. The third-order valence-corrected chi connectivity index (χ3v) is 7.43. The molecule has 9 N–H and O–H groups in total. The van der Waals surface area contributed by atoms with Crippen LogP contribution in [-0.2, 0) is 30.4 Å². The van der Waals surface area contributed by atoms with Gasteiger partial charge in [0.15, 0.2) is 14.6 Å². The van der Waals surface area contributed by atoms with Gasteiger partial charge in [0, 0.05) is 24.4 Å². The lowest BCUT2D eigenvalue weighted by Gasteiger charge is -2.26. The van der Waals surface area contributed by atoms with Gasteiger partial charge in [-0.3, -0.25) is 14.2 Å². The standard InChI is InChI=1S/C18H21N6O8PS.2H3N/c1-18(34(2,30)31,17(26)22-32-33(27,28)29)7-10-23-12-19-15(11-16(23)25)13-3-5-14(6-4-13)24-20-8-9-21-24;;/h3-6,8-9,11-12H,7,10H2,1-2H3,(H,22,26)(H2,27,28,29);2*1H3/t18-;;/m1../s1. The van der Waals surface area contributed by atoms with E-state index in [0.29, 0.717) is 16.9 Å². The Morgan fingerprint density at radius 3 is 2.25 bits per heavy atom. The minimum atomic E-state index is -5.08. The summed E-state index contributed by atoms with van der Waals surface area (Å²) in [6.07, 6.45) is 4.69. The van der Waals surface area contributed by atoms with E-state index in [9.17, 15) is 22.6 Å². The van der Waals surface area contributed by atoms with E-state index in [4.69, 9.17) is 9.79 Å². The molecule has 0 radical (unpaired) electrons. The quantitative estimate of drug-likeness (QED) is 0.177. The molecule has 2 heterocycles. The lowest BCUT2D eigenvalue weighted by Crippen LogP contribution is -2.50. The molecular weight excluding hydrogens is 519 g/mol. The van der Waals surface area contributed by atoms with Crippen molar-refractivity contribution in [3.05, 3.63) is 59.4 Å². The summed E-state index contributed by atoms with van der Waals surface area (Å²) in [4.78, 5) is 48.0. The summed E-state index contributed by atoms with van der Waals surface area (Å²) in [5.41, 5.74) is 2.71. The molecule has 0 fully saturated rings. The van der Waals surface area contributed by atoms with Gasteiger partial charge in [0.2, 0.25) is 0 Å². The number of benzene rings is 1. The first-order chi connectivity index (χ1) is 15.8. The SMILES string of the molecule is C[C@@](CCn1cnc(-c2ccc(-n3nccn3)cc2)cc1=O)(C(=O)NOP(=O)(O)O)S(C)(=O)=O.N.N. The second-order valence-electron chi connectivity index (χ2n) is 7.44. The van der Waals surface area contributed by atoms with E-state index in [1.165, 1.54) is 35.1 Å². The van der Waals surface area contributed by atoms with Crippen molar-refractivity contribution in [1.82, 2.24) is 42.3 Å². The van der Waals surface area contributed by atoms with Gasteiger partial charge in [0.25, 0.3) is 11.5 Å².